The van der Waals surface area contributed by atoms with E-state index in [9.17, 15) is 9.18 Å². The summed E-state index contributed by atoms with van der Waals surface area (Å²) in [4.78, 5) is 21.8. The molecule has 1 saturated heterocycles. The number of halogens is 1. The van der Waals surface area contributed by atoms with Crippen molar-refractivity contribution in [3.8, 4) is 5.75 Å². The van der Waals surface area contributed by atoms with E-state index in [2.05, 4.69) is 9.97 Å². The summed E-state index contributed by atoms with van der Waals surface area (Å²) in [6.07, 6.45) is 3.87. The number of para-hydroxylation sites is 1. The largest absolute Gasteiger partial charge is 0.490 e. The number of rotatable bonds is 5. The van der Waals surface area contributed by atoms with Crippen LogP contribution in [0.25, 0.3) is 0 Å². The highest BCUT2D eigenvalue weighted by Crippen LogP contribution is 2.30. The van der Waals surface area contributed by atoms with Crippen LogP contribution in [-0.2, 0) is 4.79 Å². The zero-order valence-corrected chi connectivity index (χ0v) is 13.1. The van der Waals surface area contributed by atoms with E-state index in [0.717, 1.165) is 30.9 Å². The number of carbonyl (C=O) groups excluding carboxylic acids is 1. The summed E-state index contributed by atoms with van der Waals surface area (Å²) in [6, 6.07) is 6.21. The van der Waals surface area contributed by atoms with Crippen LogP contribution in [0.5, 0.6) is 5.75 Å². The van der Waals surface area contributed by atoms with E-state index in [-0.39, 0.29) is 30.7 Å². The molecule has 0 bridgehead atoms. The van der Waals surface area contributed by atoms with Gasteiger partial charge in [0, 0.05) is 18.4 Å². The van der Waals surface area contributed by atoms with Crippen molar-refractivity contribution >= 4 is 5.91 Å². The third-order valence-corrected chi connectivity index (χ3v) is 4.02. The molecule has 1 atom stereocenters. The first-order chi connectivity index (χ1) is 11.1. The number of carbonyl (C=O) groups is 1. The Kier molecular flexibility index (Phi) is 4.60. The molecule has 5 nitrogen and oxygen atoms in total. The molecule has 1 fully saturated rings. The summed E-state index contributed by atoms with van der Waals surface area (Å²) in [6.45, 7) is 2.84. The Bertz CT molecular complexity index is 686. The molecule has 0 aliphatic carbocycles. The third kappa shape index (κ3) is 3.52. The smallest absolute Gasteiger partial charge is 0.226 e. The summed E-state index contributed by atoms with van der Waals surface area (Å²) in [7, 11) is 0. The minimum Gasteiger partial charge on any atom is -0.490 e. The lowest BCUT2D eigenvalue weighted by atomic mass is 10.2. The Balaban J connectivity index is 1.56. The molecule has 1 amide bonds. The first-order valence-corrected chi connectivity index (χ1v) is 7.83. The van der Waals surface area contributed by atoms with Crippen LogP contribution >= 0.6 is 0 Å². The van der Waals surface area contributed by atoms with Gasteiger partial charge >= 0.3 is 0 Å². The Morgan fingerprint density at radius 3 is 3.04 bits per heavy atom. The lowest BCUT2D eigenvalue weighted by Crippen LogP contribution is -2.32. The maximum atomic E-state index is 13.5. The monoisotopic (exact) mass is 317 g/mol. The minimum absolute atomic E-state index is 0.00432. The van der Waals surface area contributed by atoms with E-state index in [0.29, 0.717) is 0 Å². The zero-order chi connectivity index (χ0) is 16.2. The van der Waals surface area contributed by atoms with Gasteiger partial charge in [0.1, 0.15) is 5.82 Å². The molecular weight excluding hydrogens is 297 g/mol. The van der Waals surface area contributed by atoms with Crippen molar-refractivity contribution in [3.63, 3.8) is 0 Å². The number of nitrogens with zero attached hydrogens (tertiary/aromatic N) is 2. The predicted octanol–water partition coefficient (Wildman–Crippen LogP) is 2.99. The molecule has 1 aliphatic rings. The van der Waals surface area contributed by atoms with Gasteiger partial charge in [-0.25, -0.2) is 9.37 Å². The van der Waals surface area contributed by atoms with Crippen LogP contribution < -0.4 is 4.74 Å². The number of imidazole rings is 1. The van der Waals surface area contributed by atoms with E-state index >= 15 is 0 Å². The molecule has 1 aromatic carbocycles. The number of nitrogens with one attached hydrogen (secondary N) is 1. The first-order valence-electron chi connectivity index (χ1n) is 7.83. The normalized spacial score (nSPS) is 17.5. The van der Waals surface area contributed by atoms with Crippen LogP contribution in [0.15, 0.2) is 30.5 Å². The fourth-order valence-corrected chi connectivity index (χ4v) is 2.91. The number of likely N-dealkylation sites (tertiary alicyclic amines) is 1. The second-order valence-electron chi connectivity index (χ2n) is 5.73. The highest BCUT2D eigenvalue weighted by atomic mass is 19.1. The lowest BCUT2D eigenvalue weighted by Gasteiger charge is -2.23. The van der Waals surface area contributed by atoms with E-state index in [1.54, 1.807) is 24.4 Å². The number of hydrogen-bond acceptors (Lipinski definition) is 3. The van der Waals surface area contributed by atoms with Gasteiger partial charge in [-0.15, -0.1) is 0 Å². The summed E-state index contributed by atoms with van der Waals surface area (Å²) in [5, 5.41) is 0. The van der Waals surface area contributed by atoms with Crippen LogP contribution in [0, 0.1) is 12.7 Å². The van der Waals surface area contributed by atoms with Crippen molar-refractivity contribution < 1.29 is 13.9 Å². The minimum atomic E-state index is -0.412. The summed E-state index contributed by atoms with van der Waals surface area (Å²) in [5.74, 6) is 0.617. The number of hydrogen-bond donors (Lipinski definition) is 1. The molecule has 0 saturated carbocycles. The number of ether oxygens (including phenoxy) is 1. The van der Waals surface area contributed by atoms with Gasteiger partial charge in [0.25, 0.3) is 0 Å². The zero-order valence-electron chi connectivity index (χ0n) is 13.1. The number of benzene rings is 1. The second-order valence-corrected chi connectivity index (χ2v) is 5.73. The van der Waals surface area contributed by atoms with Gasteiger partial charge in [-0.3, -0.25) is 4.79 Å². The number of H-pyrrole nitrogens is 1. The SMILES string of the molecule is Cc1cnc([C@@H]2CCCN2C(=O)CCOc2ccccc2F)[nH]1. The van der Waals surface area contributed by atoms with Gasteiger partial charge in [-0.1, -0.05) is 12.1 Å². The van der Waals surface area contributed by atoms with Crippen molar-refractivity contribution in [1.29, 1.82) is 0 Å². The molecule has 1 aliphatic heterocycles. The highest BCUT2D eigenvalue weighted by molar-refractivity contribution is 5.77. The van der Waals surface area contributed by atoms with Crippen LogP contribution in [0.2, 0.25) is 0 Å². The quantitative estimate of drug-likeness (QED) is 0.922. The molecule has 1 aromatic heterocycles. The summed E-state index contributed by atoms with van der Waals surface area (Å²) < 4.78 is 18.8. The van der Waals surface area contributed by atoms with E-state index in [1.807, 2.05) is 11.8 Å². The van der Waals surface area contributed by atoms with Crippen molar-refractivity contribution in [2.75, 3.05) is 13.2 Å². The molecule has 23 heavy (non-hydrogen) atoms. The van der Waals surface area contributed by atoms with Gasteiger partial charge in [0.15, 0.2) is 11.6 Å². The van der Waals surface area contributed by atoms with Crippen molar-refractivity contribution in [1.82, 2.24) is 14.9 Å². The molecule has 6 heteroatoms. The molecule has 1 N–H and O–H groups in total. The lowest BCUT2D eigenvalue weighted by molar-refractivity contribution is -0.132. The number of aromatic amines is 1. The highest BCUT2D eigenvalue weighted by Gasteiger charge is 2.31. The molecule has 3 rings (SSSR count). The van der Waals surface area contributed by atoms with Crippen molar-refractivity contribution in [2.45, 2.75) is 32.2 Å². The number of aromatic nitrogens is 2. The van der Waals surface area contributed by atoms with Gasteiger partial charge in [0.05, 0.1) is 19.1 Å². The van der Waals surface area contributed by atoms with Crippen LogP contribution in [0.3, 0.4) is 0 Å². The Labute approximate surface area is 134 Å². The van der Waals surface area contributed by atoms with Gasteiger partial charge in [0.2, 0.25) is 5.91 Å². The average Bonchev–Trinajstić information content (AvgIpc) is 3.17. The van der Waals surface area contributed by atoms with E-state index in [4.69, 9.17) is 4.74 Å². The molecule has 2 heterocycles. The van der Waals surface area contributed by atoms with Crippen LogP contribution in [-0.4, -0.2) is 33.9 Å². The van der Waals surface area contributed by atoms with E-state index in [1.165, 1.54) is 6.07 Å². The standard InChI is InChI=1S/C17H20FN3O2/c1-12-11-19-17(20-12)14-6-4-9-21(14)16(22)8-10-23-15-7-3-2-5-13(15)18/h2-3,5,7,11,14H,4,6,8-10H2,1H3,(H,19,20)/t14-/m0/s1. The van der Waals surface area contributed by atoms with Crippen molar-refractivity contribution in [2.24, 2.45) is 0 Å². The van der Waals surface area contributed by atoms with Crippen LogP contribution in [0.1, 0.15) is 36.8 Å². The summed E-state index contributed by atoms with van der Waals surface area (Å²) in [5.41, 5.74) is 0.988. The Morgan fingerprint density at radius 1 is 1.48 bits per heavy atom. The molecule has 0 radical (unpaired) electrons. The van der Waals surface area contributed by atoms with Gasteiger partial charge in [-0.05, 0) is 31.9 Å². The topological polar surface area (TPSA) is 58.2 Å². The fraction of sp³-hybridized carbons (Fsp3) is 0.412. The molecule has 0 spiro atoms. The molecule has 0 unspecified atom stereocenters. The predicted molar refractivity (Wildman–Crippen MR) is 83.5 cm³/mol. The van der Waals surface area contributed by atoms with E-state index < -0.39 is 5.82 Å². The molecular formula is C17H20FN3O2. The maximum absolute atomic E-state index is 13.5. The van der Waals surface area contributed by atoms with Gasteiger partial charge in [-0.2, -0.15) is 0 Å². The second kappa shape index (κ2) is 6.81. The number of amides is 1. The summed E-state index contributed by atoms with van der Waals surface area (Å²) >= 11 is 0. The Morgan fingerprint density at radius 2 is 2.30 bits per heavy atom. The van der Waals surface area contributed by atoms with Crippen LogP contribution in [0.4, 0.5) is 4.39 Å². The number of aryl methyl sites for hydroxylation is 1. The average molecular weight is 317 g/mol. The third-order valence-electron chi connectivity index (χ3n) is 4.02. The van der Waals surface area contributed by atoms with Gasteiger partial charge < -0.3 is 14.6 Å². The van der Waals surface area contributed by atoms with Crippen molar-refractivity contribution in [3.05, 3.63) is 47.8 Å². The fourth-order valence-electron chi connectivity index (χ4n) is 2.91. The molecule has 2 aromatic rings. The molecule has 122 valence electrons. The Hall–Kier alpha value is -2.37. The first kappa shape index (κ1) is 15.5. The maximum Gasteiger partial charge on any atom is 0.226 e.